The van der Waals surface area contributed by atoms with E-state index < -0.39 is 0 Å². The minimum absolute atomic E-state index is 0.156. The Morgan fingerprint density at radius 3 is 1.73 bits per heavy atom. The Morgan fingerprint density at radius 2 is 1.27 bits per heavy atom. The van der Waals surface area contributed by atoms with Gasteiger partial charge in [0.25, 0.3) is 0 Å². The van der Waals surface area contributed by atoms with E-state index in [-0.39, 0.29) is 11.1 Å². The summed E-state index contributed by atoms with van der Waals surface area (Å²) in [5, 5.41) is 3.48. The molecule has 0 fully saturated rings. The fraction of sp³-hybridized carbons (Fsp3) is 1.00. The molecule has 0 heterocycles. The van der Waals surface area contributed by atoms with Crippen molar-refractivity contribution in [3.63, 3.8) is 0 Å². The van der Waals surface area contributed by atoms with Crippen molar-refractivity contribution >= 4 is 0 Å². The average Bonchev–Trinajstić information content (AvgIpc) is 1.98. The van der Waals surface area contributed by atoms with Gasteiger partial charge in [-0.1, -0.05) is 0 Å². The molecule has 0 unspecified atom stereocenters. The molecule has 3 heteroatoms. The van der Waals surface area contributed by atoms with Crippen LogP contribution in [0, 0.1) is 0 Å². The summed E-state index contributed by atoms with van der Waals surface area (Å²) in [7, 11) is 0. The predicted molar refractivity (Wildman–Crippen MR) is 67.9 cm³/mol. The van der Waals surface area contributed by atoms with E-state index in [4.69, 9.17) is 0 Å². The summed E-state index contributed by atoms with van der Waals surface area (Å²) in [6.45, 7) is 15.2. The molecule has 0 aromatic heterocycles. The van der Waals surface area contributed by atoms with Gasteiger partial charge < -0.3 is 5.32 Å². The lowest BCUT2D eigenvalue weighted by molar-refractivity contribution is 0.350. The van der Waals surface area contributed by atoms with E-state index in [0.29, 0.717) is 0 Å². The van der Waals surface area contributed by atoms with Gasteiger partial charge in [0.05, 0.1) is 0 Å². The topological polar surface area (TPSA) is 36.1 Å². The van der Waals surface area contributed by atoms with Crippen LogP contribution in [0.5, 0.6) is 0 Å². The van der Waals surface area contributed by atoms with Gasteiger partial charge >= 0.3 is 0 Å². The molecule has 0 amide bonds. The van der Waals surface area contributed by atoms with Crippen molar-refractivity contribution in [2.75, 3.05) is 13.1 Å². The summed E-state index contributed by atoms with van der Waals surface area (Å²) in [4.78, 5) is 0. The standard InChI is InChI=1S/C12H29N3/c1-11(2,3)13-9-7-8-10-14-15-12(4,5)6/h13-15H,7-10H2,1-6H3. The summed E-state index contributed by atoms with van der Waals surface area (Å²) in [6.07, 6.45) is 2.42. The van der Waals surface area contributed by atoms with Gasteiger partial charge in [0.2, 0.25) is 0 Å². The summed E-state index contributed by atoms with van der Waals surface area (Å²) >= 11 is 0. The normalized spacial score (nSPS) is 13.2. The van der Waals surface area contributed by atoms with Crippen LogP contribution < -0.4 is 16.2 Å². The van der Waals surface area contributed by atoms with Crippen LogP contribution in [0.3, 0.4) is 0 Å². The smallest absolute Gasteiger partial charge is 0.0239 e. The fourth-order valence-electron chi connectivity index (χ4n) is 1.13. The van der Waals surface area contributed by atoms with E-state index in [9.17, 15) is 0 Å². The number of rotatable bonds is 6. The molecular weight excluding hydrogens is 186 g/mol. The molecule has 0 saturated heterocycles. The summed E-state index contributed by atoms with van der Waals surface area (Å²) < 4.78 is 0. The predicted octanol–water partition coefficient (Wildman–Crippen LogP) is 2.05. The molecule has 3 N–H and O–H groups in total. The average molecular weight is 215 g/mol. The maximum Gasteiger partial charge on any atom is 0.0239 e. The van der Waals surface area contributed by atoms with E-state index in [0.717, 1.165) is 13.1 Å². The van der Waals surface area contributed by atoms with E-state index >= 15 is 0 Å². The highest BCUT2D eigenvalue weighted by Crippen LogP contribution is 1.99. The number of hydrogen-bond donors (Lipinski definition) is 3. The lowest BCUT2D eigenvalue weighted by Crippen LogP contribution is -2.46. The van der Waals surface area contributed by atoms with Gasteiger partial charge in [0.15, 0.2) is 0 Å². The van der Waals surface area contributed by atoms with Crippen LogP contribution >= 0.6 is 0 Å². The molecule has 0 aliphatic heterocycles. The van der Waals surface area contributed by atoms with Crippen molar-refractivity contribution in [3.05, 3.63) is 0 Å². The highest BCUT2D eigenvalue weighted by atomic mass is 15.4. The van der Waals surface area contributed by atoms with Crippen molar-refractivity contribution in [1.29, 1.82) is 0 Å². The zero-order valence-corrected chi connectivity index (χ0v) is 11.3. The van der Waals surface area contributed by atoms with Gasteiger partial charge in [0, 0.05) is 17.6 Å². The Balaban J connectivity index is 3.20. The Kier molecular flexibility index (Phi) is 6.41. The number of hydrogen-bond acceptors (Lipinski definition) is 3. The van der Waals surface area contributed by atoms with Crippen LogP contribution in [0.4, 0.5) is 0 Å². The largest absolute Gasteiger partial charge is 0.312 e. The molecule has 0 spiro atoms. The van der Waals surface area contributed by atoms with E-state index in [2.05, 4.69) is 57.7 Å². The van der Waals surface area contributed by atoms with Crippen molar-refractivity contribution in [1.82, 2.24) is 16.2 Å². The second-order valence-corrected chi connectivity index (χ2v) is 6.19. The van der Waals surface area contributed by atoms with Gasteiger partial charge in [-0.3, -0.25) is 10.9 Å². The minimum atomic E-state index is 0.156. The molecule has 3 nitrogen and oxygen atoms in total. The number of hydrazine groups is 1. The van der Waals surface area contributed by atoms with Crippen molar-refractivity contribution < 1.29 is 0 Å². The maximum atomic E-state index is 3.48. The molecule has 0 rings (SSSR count). The molecule has 0 aliphatic carbocycles. The lowest BCUT2D eigenvalue weighted by atomic mass is 10.1. The zero-order valence-electron chi connectivity index (χ0n) is 11.3. The van der Waals surface area contributed by atoms with Gasteiger partial charge in [-0.05, 0) is 60.9 Å². The monoisotopic (exact) mass is 215 g/mol. The van der Waals surface area contributed by atoms with Crippen LogP contribution in [-0.4, -0.2) is 24.2 Å². The molecule has 0 bridgehead atoms. The first-order valence-corrected chi connectivity index (χ1v) is 5.96. The first-order chi connectivity index (χ1) is 6.71. The first kappa shape index (κ1) is 14.9. The molecule has 0 aromatic carbocycles. The number of unbranched alkanes of at least 4 members (excludes halogenated alkanes) is 1. The van der Waals surface area contributed by atoms with Crippen LogP contribution in [-0.2, 0) is 0 Å². The molecule has 0 aliphatic rings. The second-order valence-electron chi connectivity index (χ2n) is 6.19. The Labute approximate surface area is 95.4 Å². The van der Waals surface area contributed by atoms with Crippen LogP contribution in [0.25, 0.3) is 0 Å². The molecule has 0 saturated carbocycles. The molecule has 0 radical (unpaired) electrons. The fourth-order valence-corrected chi connectivity index (χ4v) is 1.13. The molecular formula is C12H29N3. The van der Waals surface area contributed by atoms with Crippen molar-refractivity contribution in [2.45, 2.75) is 65.5 Å². The summed E-state index contributed by atoms with van der Waals surface area (Å²) in [5.74, 6) is 0. The third kappa shape index (κ3) is 13.9. The van der Waals surface area contributed by atoms with Gasteiger partial charge in [-0.2, -0.15) is 0 Å². The van der Waals surface area contributed by atoms with E-state index in [1.807, 2.05) is 0 Å². The number of nitrogens with one attached hydrogen (secondary N) is 3. The van der Waals surface area contributed by atoms with Crippen LogP contribution in [0.2, 0.25) is 0 Å². The molecule has 0 aromatic rings. The van der Waals surface area contributed by atoms with Gasteiger partial charge in [-0.15, -0.1) is 0 Å². The van der Waals surface area contributed by atoms with E-state index in [1.165, 1.54) is 12.8 Å². The molecule has 15 heavy (non-hydrogen) atoms. The summed E-state index contributed by atoms with van der Waals surface area (Å²) in [6, 6.07) is 0. The third-order valence-corrected chi connectivity index (χ3v) is 1.85. The SMILES string of the molecule is CC(C)(C)NCCCCNNC(C)(C)C. The highest BCUT2D eigenvalue weighted by molar-refractivity contribution is 4.70. The van der Waals surface area contributed by atoms with Gasteiger partial charge in [0.1, 0.15) is 0 Å². The van der Waals surface area contributed by atoms with E-state index in [1.54, 1.807) is 0 Å². The van der Waals surface area contributed by atoms with Gasteiger partial charge in [-0.25, -0.2) is 0 Å². The maximum absolute atomic E-state index is 3.48. The van der Waals surface area contributed by atoms with Crippen LogP contribution in [0.15, 0.2) is 0 Å². The first-order valence-electron chi connectivity index (χ1n) is 5.96. The quantitative estimate of drug-likeness (QED) is 0.469. The Bertz CT molecular complexity index is 135. The highest BCUT2D eigenvalue weighted by Gasteiger charge is 2.08. The van der Waals surface area contributed by atoms with Crippen LogP contribution in [0.1, 0.15) is 54.4 Å². The Hall–Kier alpha value is -0.120. The second kappa shape index (κ2) is 6.46. The summed E-state index contributed by atoms with van der Waals surface area (Å²) in [5.41, 5.74) is 6.91. The molecule has 92 valence electrons. The minimum Gasteiger partial charge on any atom is -0.312 e. The molecule has 0 atom stereocenters. The van der Waals surface area contributed by atoms with Crippen molar-refractivity contribution in [3.8, 4) is 0 Å². The third-order valence-electron chi connectivity index (χ3n) is 1.85. The van der Waals surface area contributed by atoms with Crippen molar-refractivity contribution in [2.24, 2.45) is 0 Å². The zero-order chi connectivity index (χ0) is 11.9. The lowest BCUT2D eigenvalue weighted by Gasteiger charge is -2.22. The Morgan fingerprint density at radius 1 is 0.733 bits per heavy atom.